The van der Waals surface area contributed by atoms with E-state index in [-0.39, 0.29) is 0 Å². The quantitative estimate of drug-likeness (QED) is 0.318. The van der Waals surface area contributed by atoms with Crippen LogP contribution in [0.3, 0.4) is 0 Å². The van der Waals surface area contributed by atoms with E-state index in [1.807, 2.05) is 19.9 Å². The Morgan fingerprint density at radius 3 is 2.04 bits per heavy atom. The molecule has 0 fully saturated rings. The van der Waals surface area contributed by atoms with Crippen molar-refractivity contribution >= 4 is 27.8 Å². The summed E-state index contributed by atoms with van der Waals surface area (Å²) >= 11 is 0. The molecule has 130 valence electrons. The fourth-order valence-corrected chi connectivity index (χ4v) is 4.39. The molecule has 1 heterocycles. The van der Waals surface area contributed by atoms with E-state index in [0.717, 1.165) is 23.8 Å². The molecule has 9 heteroatoms. The molecule has 0 radical (unpaired) electrons. The van der Waals surface area contributed by atoms with Crippen LogP contribution in [0.2, 0.25) is 0 Å². The highest BCUT2D eigenvalue weighted by atomic mass is 32.2. The lowest BCUT2D eigenvalue weighted by atomic mass is 10.1. The standard InChI is InChI=1S/C14H16F3S.BF4/c1-3-6-11-9-12-10(4-2)7-5-8-13(12)18(11)14(15,16)17;2-1(3,4)5/h5,7-9H,3-4,6H2,1-2H3;/q+1;-1. The molecule has 0 aliphatic carbocycles. The molecule has 0 amide bonds. The lowest BCUT2D eigenvalue weighted by Crippen LogP contribution is -2.02. The van der Waals surface area contributed by atoms with Crippen LogP contribution in [0, 0.1) is 0 Å². The second kappa shape index (κ2) is 7.55. The van der Waals surface area contributed by atoms with Gasteiger partial charge in [0.15, 0.2) is 9.58 Å². The minimum atomic E-state index is -6.00. The Kier molecular flexibility index (Phi) is 6.50. The minimum Gasteiger partial charge on any atom is -0.418 e. The van der Waals surface area contributed by atoms with Gasteiger partial charge in [-0.15, -0.1) is 13.2 Å². The predicted molar refractivity (Wildman–Crippen MR) is 81.3 cm³/mol. The van der Waals surface area contributed by atoms with Gasteiger partial charge in [0.05, 0.1) is 10.5 Å². The van der Waals surface area contributed by atoms with Gasteiger partial charge in [-0.3, -0.25) is 0 Å². The first-order valence-corrected chi connectivity index (χ1v) is 8.22. The van der Waals surface area contributed by atoms with Crippen molar-refractivity contribution in [2.24, 2.45) is 0 Å². The number of thiophene rings is 1. The summed E-state index contributed by atoms with van der Waals surface area (Å²) in [6.45, 7) is 3.90. The van der Waals surface area contributed by atoms with E-state index in [1.165, 1.54) is 0 Å². The maximum atomic E-state index is 13.2. The van der Waals surface area contributed by atoms with E-state index < -0.39 is 23.2 Å². The summed E-state index contributed by atoms with van der Waals surface area (Å²) in [5, 5.41) is 0.809. The van der Waals surface area contributed by atoms with E-state index in [1.54, 1.807) is 18.2 Å². The molecule has 2 rings (SSSR count). The number of hydrogen-bond donors (Lipinski definition) is 0. The van der Waals surface area contributed by atoms with E-state index in [2.05, 4.69) is 0 Å². The largest absolute Gasteiger partial charge is 0.673 e. The summed E-state index contributed by atoms with van der Waals surface area (Å²) < 4.78 is 79.1. The summed E-state index contributed by atoms with van der Waals surface area (Å²) in [4.78, 5) is 0.543. The van der Waals surface area contributed by atoms with Crippen molar-refractivity contribution in [3.05, 3.63) is 34.7 Å². The molecule has 1 aromatic heterocycles. The Morgan fingerprint density at radius 2 is 1.61 bits per heavy atom. The van der Waals surface area contributed by atoms with E-state index in [4.69, 9.17) is 0 Å². The fourth-order valence-electron chi connectivity index (χ4n) is 2.29. The molecule has 0 saturated heterocycles. The molecule has 0 nitrogen and oxygen atoms in total. The first-order chi connectivity index (χ1) is 10.5. The molecule has 0 bridgehead atoms. The highest BCUT2D eigenvalue weighted by molar-refractivity contribution is 7.38. The third-order valence-corrected chi connectivity index (χ3v) is 5.16. The van der Waals surface area contributed by atoms with Crippen molar-refractivity contribution in [1.29, 1.82) is 0 Å². The van der Waals surface area contributed by atoms with Crippen molar-refractivity contribution in [3.63, 3.8) is 0 Å². The van der Waals surface area contributed by atoms with Gasteiger partial charge in [-0.25, -0.2) is 0 Å². The van der Waals surface area contributed by atoms with Gasteiger partial charge in [-0.2, -0.15) is 0 Å². The maximum absolute atomic E-state index is 13.2. The number of rotatable bonds is 3. The number of alkyl halides is 3. The molecule has 1 aromatic carbocycles. The van der Waals surface area contributed by atoms with Crippen molar-refractivity contribution in [3.8, 4) is 0 Å². The van der Waals surface area contributed by atoms with Crippen LogP contribution in [0.15, 0.2) is 24.3 Å². The summed E-state index contributed by atoms with van der Waals surface area (Å²) in [7, 11) is -7.71. The highest BCUT2D eigenvalue weighted by Gasteiger charge is 2.47. The molecule has 1 atom stereocenters. The minimum absolute atomic E-state index is 0.463. The van der Waals surface area contributed by atoms with Crippen LogP contribution in [-0.4, -0.2) is 7.25 Å². The molecule has 0 aliphatic rings. The molecule has 0 saturated carbocycles. The van der Waals surface area contributed by atoms with Crippen LogP contribution in [0.25, 0.3) is 10.1 Å². The second-order valence-electron chi connectivity index (χ2n) is 4.79. The Morgan fingerprint density at radius 1 is 1.04 bits per heavy atom. The fraction of sp³-hybridized carbons (Fsp3) is 0.429. The lowest BCUT2D eigenvalue weighted by Gasteiger charge is -1.99. The number of halogens is 7. The number of benzene rings is 1. The summed E-state index contributed by atoms with van der Waals surface area (Å²) in [6.07, 6.45) is 2.05. The van der Waals surface area contributed by atoms with E-state index in [9.17, 15) is 30.4 Å². The topological polar surface area (TPSA) is 0 Å². The smallest absolute Gasteiger partial charge is 0.418 e. The second-order valence-corrected chi connectivity index (χ2v) is 6.83. The SMILES string of the molecule is CCCc1cc2c(CC)cccc2[s+]1C(F)(F)F.F[B-](F)(F)F. The van der Waals surface area contributed by atoms with Gasteiger partial charge in [-0.1, -0.05) is 26.0 Å². The van der Waals surface area contributed by atoms with Crippen molar-refractivity contribution < 1.29 is 30.4 Å². The number of fused-ring (bicyclic) bond motifs is 1. The van der Waals surface area contributed by atoms with Crippen LogP contribution in [0.4, 0.5) is 30.4 Å². The summed E-state index contributed by atoms with van der Waals surface area (Å²) in [5.74, 6) is 0. The monoisotopic (exact) mass is 360 g/mol. The average Bonchev–Trinajstić information content (AvgIpc) is 2.74. The van der Waals surface area contributed by atoms with Crippen molar-refractivity contribution in [2.75, 3.05) is 0 Å². The molecule has 0 spiro atoms. The van der Waals surface area contributed by atoms with Gasteiger partial charge >= 0.3 is 12.8 Å². The third-order valence-electron chi connectivity index (χ3n) is 3.05. The predicted octanol–water partition coefficient (Wildman–Crippen LogP) is 6.88. The zero-order valence-corrected chi connectivity index (χ0v) is 13.4. The summed E-state index contributed by atoms with van der Waals surface area (Å²) in [6, 6.07) is 7.06. The molecule has 0 aliphatic heterocycles. The molecular formula is C14H16BF7S. The lowest BCUT2D eigenvalue weighted by molar-refractivity contribution is -0.0867. The first kappa shape index (κ1) is 19.8. The Labute approximate surface area is 132 Å². The van der Waals surface area contributed by atoms with Gasteiger partial charge in [0, 0.05) is 17.9 Å². The van der Waals surface area contributed by atoms with E-state index >= 15 is 0 Å². The van der Waals surface area contributed by atoms with Crippen LogP contribution in [-0.2, 0) is 18.3 Å². The van der Waals surface area contributed by atoms with E-state index in [0.29, 0.717) is 16.0 Å². The molecule has 23 heavy (non-hydrogen) atoms. The molecule has 0 N–H and O–H groups in total. The first-order valence-electron chi connectivity index (χ1n) is 6.99. The van der Waals surface area contributed by atoms with Crippen molar-refractivity contribution in [2.45, 2.75) is 38.6 Å². The van der Waals surface area contributed by atoms with Crippen LogP contribution in [0.5, 0.6) is 0 Å². The van der Waals surface area contributed by atoms with Gasteiger partial charge in [0.1, 0.15) is 0 Å². The molecule has 2 aromatic rings. The Bertz CT molecular complexity index is 637. The normalized spacial score (nSPS) is 13.0. The van der Waals surface area contributed by atoms with Crippen LogP contribution >= 0.6 is 10.5 Å². The third kappa shape index (κ3) is 5.71. The van der Waals surface area contributed by atoms with Crippen molar-refractivity contribution in [1.82, 2.24) is 0 Å². The number of hydrogen-bond acceptors (Lipinski definition) is 0. The van der Waals surface area contributed by atoms with Gasteiger partial charge in [0.2, 0.25) is 0 Å². The average molecular weight is 360 g/mol. The zero-order chi connectivity index (χ0) is 17.8. The van der Waals surface area contributed by atoms with Gasteiger partial charge in [0.25, 0.3) is 0 Å². The van der Waals surface area contributed by atoms with Gasteiger partial charge < -0.3 is 17.3 Å². The zero-order valence-electron chi connectivity index (χ0n) is 12.6. The van der Waals surface area contributed by atoms with Crippen LogP contribution in [0.1, 0.15) is 30.7 Å². The molecular weight excluding hydrogens is 344 g/mol. The van der Waals surface area contributed by atoms with Gasteiger partial charge in [-0.05, 0) is 24.5 Å². The van der Waals surface area contributed by atoms with Crippen LogP contribution < -0.4 is 0 Å². The Hall–Kier alpha value is -1.25. The Balaban J connectivity index is 0.000000463. The summed E-state index contributed by atoms with van der Waals surface area (Å²) in [5.41, 5.74) is -3.14. The highest BCUT2D eigenvalue weighted by Crippen LogP contribution is 2.51. The molecule has 1 unspecified atom stereocenters. The number of aryl methyl sites for hydroxylation is 2. The maximum Gasteiger partial charge on any atom is 0.673 e.